The molecule has 3 heteroatoms. The molecule has 1 saturated carbocycles. The summed E-state index contributed by atoms with van der Waals surface area (Å²) in [4.78, 5) is 13.5. The fraction of sp³-hybridized carbons (Fsp3) is 0.417. The average molecular weight is 203 g/mol. The molecule has 3 nitrogen and oxygen atoms in total. The number of hydrogen-bond donors (Lipinski definition) is 0. The van der Waals surface area contributed by atoms with Gasteiger partial charge in [-0.1, -0.05) is 18.2 Å². The van der Waals surface area contributed by atoms with Crippen molar-refractivity contribution < 1.29 is 9.53 Å². The van der Waals surface area contributed by atoms with E-state index in [1.54, 1.807) is 6.08 Å². The van der Waals surface area contributed by atoms with E-state index in [-0.39, 0.29) is 0 Å². The third-order valence-electron chi connectivity index (χ3n) is 2.65. The predicted octanol–water partition coefficient (Wildman–Crippen LogP) is 2.18. The van der Waals surface area contributed by atoms with Crippen molar-refractivity contribution in [3.63, 3.8) is 0 Å². The van der Waals surface area contributed by atoms with Gasteiger partial charge in [0.2, 0.25) is 6.08 Å². The maximum Gasteiger partial charge on any atom is 0.234 e. The molecule has 0 bridgehead atoms. The minimum atomic E-state index is 0.291. The van der Waals surface area contributed by atoms with E-state index in [1.165, 1.54) is 0 Å². The first-order valence-electron chi connectivity index (χ1n) is 5.14. The van der Waals surface area contributed by atoms with E-state index in [0.29, 0.717) is 18.6 Å². The highest BCUT2D eigenvalue weighted by Crippen LogP contribution is 2.31. The average Bonchev–Trinajstić information content (AvgIpc) is 2.23. The normalized spacial score (nSPS) is 23.7. The highest BCUT2D eigenvalue weighted by atomic mass is 16.5. The quantitative estimate of drug-likeness (QED) is 0.555. The molecule has 1 aliphatic rings. The summed E-state index contributed by atoms with van der Waals surface area (Å²) in [5.41, 5.74) is 0. The molecule has 0 saturated heterocycles. The predicted molar refractivity (Wildman–Crippen MR) is 56.6 cm³/mol. The molecule has 15 heavy (non-hydrogen) atoms. The van der Waals surface area contributed by atoms with Crippen LogP contribution in [0.15, 0.2) is 35.3 Å². The minimum Gasteiger partial charge on any atom is -0.490 e. The van der Waals surface area contributed by atoms with Crippen LogP contribution in [0.5, 0.6) is 5.75 Å². The Morgan fingerprint density at radius 2 is 2.07 bits per heavy atom. The smallest absolute Gasteiger partial charge is 0.234 e. The van der Waals surface area contributed by atoms with E-state index in [9.17, 15) is 4.79 Å². The molecule has 78 valence electrons. The number of ether oxygens (including phenoxy) is 1. The van der Waals surface area contributed by atoms with Gasteiger partial charge in [0, 0.05) is 0 Å². The van der Waals surface area contributed by atoms with Gasteiger partial charge in [-0.3, -0.25) is 0 Å². The van der Waals surface area contributed by atoms with Crippen molar-refractivity contribution in [2.75, 3.05) is 6.54 Å². The maximum absolute atomic E-state index is 9.90. The number of nitrogens with zero attached hydrogens (tertiary/aromatic N) is 1. The number of carbonyl (C=O) groups excluding carboxylic acids is 1. The molecular weight excluding hydrogens is 190 g/mol. The van der Waals surface area contributed by atoms with Crippen molar-refractivity contribution in [3.05, 3.63) is 30.3 Å². The second-order valence-corrected chi connectivity index (χ2v) is 3.82. The zero-order chi connectivity index (χ0) is 10.5. The molecule has 0 atom stereocenters. The summed E-state index contributed by atoms with van der Waals surface area (Å²) in [5, 5.41) is 0. The van der Waals surface area contributed by atoms with Crippen molar-refractivity contribution in [2.24, 2.45) is 10.9 Å². The lowest BCUT2D eigenvalue weighted by Gasteiger charge is -2.34. The van der Waals surface area contributed by atoms with Gasteiger partial charge in [0.25, 0.3) is 0 Å². The lowest BCUT2D eigenvalue weighted by molar-refractivity contribution is 0.0693. The van der Waals surface area contributed by atoms with Crippen LogP contribution in [0, 0.1) is 5.92 Å². The van der Waals surface area contributed by atoms with Crippen LogP contribution < -0.4 is 4.74 Å². The lowest BCUT2D eigenvalue weighted by atomic mass is 9.82. The molecule has 2 rings (SSSR count). The summed E-state index contributed by atoms with van der Waals surface area (Å²) in [6.45, 7) is 0.595. The Morgan fingerprint density at radius 1 is 1.33 bits per heavy atom. The Labute approximate surface area is 88.8 Å². The second-order valence-electron chi connectivity index (χ2n) is 3.82. The van der Waals surface area contributed by atoms with E-state index in [4.69, 9.17) is 4.74 Å². The Kier molecular flexibility index (Phi) is 3.15. The fourth-order valence-corrected chi connectivity index (χ4v) is 1.78. The Bertz CT molecular complexity index is 351. The van der Waals surface area contributed by atoms with E-state index >= 15 is 0 Å². The van der Waals surface area contributed by atoms with Crippen LogP contribution in [0.3, 0.4) is 0 Å². The number of rotatable bonds is 4. The van der Waals surface area contributed by atoms with Gasteiger partial charge in [-0.05, 0) is 30.9 Å². The summed E-state index contributed by atoms with van der Waals surface area (Å²) in [6, 6.07) is 9.80. The van der Waals surface area contributed by atoms with Crippen molar-refractivity contribution in [2.45, 2.75) is 18.9 Å². The van der Waals surface area contributed by atoms with Crippen molar-refractivity contribution in [1.82, 2.24) is 0 Å². The van der Waals surface area contributed by atoms with Crippen molar-refractivity contribution >= 4 is 6.08 Å². The van der Waals surface area contributed by atoms with Gasteiger partial charge in [-0.15, -0.1) is 0 Å². The van der Waals surface area contributed by atoms with Crippen molar-refractivity contribution in [3.8, 4) is 5.75 Å². The SMILES string of the molecule is O=C=NCC1CC(Oc2ccccc2)C1. The van der Waals surface area contributed by atoms with E-state index in [1.807, 2.05) is 30.3 Å². The maximum atomic E-state index is 9.90. The monoisotopic (exact) mass is 203 g/mol. The molecule has 1 aliphatic carbocycles. The lowest BCUT2D eigenvalue weighted by Crippen LogP contribution is -2.35. The number of para-hydroxylation sites is 1. The van der Waals surface area contributed by atoms with E-state index in [0.717, 1.165) is 18.6 Å². The van der Waals surface area contributed by atoms with E-state index in [2.05, 4.69) is 4.99 Å². The number of benzene rings is 1. The van der Waals surface area contributed by atoms with Gasteiger partial charge in [-0.2, -0.15) is 0 Å². The topological polar surface area (TPSA) is 38.7 Å². The molecule has 0 radical (unpaired) electrons. The fourth-order valence-electron chi connectivity index (χ4n) is 1.78. The van der Waals surface area contributed by atoms with Crippen LogP contribution in [0.4, 0.5) is 0 Å². The first-order valence-corrected chi connectivity index (χ1v) is 5.14. The number of isocyanates is 1. The van der Waals surface area contributed by atoms with E-state index < -0.39 is 0 Å². The molecule has 0 amide bonds. The van der Waals surface area contributed by atoms with Crippen LogP contribution in [-0.2, 0) is 4.79 Å². The summed E-state index contributed by atoms with van der Waals surface area (Å²) in [7, 11) is 0. The third-order valence-corrected chi connectivity index (χ3v) is 2.65. The Hall–Kier alpha value is -1.60. The largest absolute Gasteiger partial charge is 0.490 e. The summed E-state index contributed by atoms with van der Waals surface area (Å²) in [5.74, 6) is 1.42. The van der Waals surface area contributed by atoms with Gasteiger partial charge in [0.1, 0.15) is 5.75 Å². The minimum absolute atomic E-state index is 0.291. The summed E-state index contributed by atoms with van der Waals surface area (Å²) < 4.78 is 5.72. The second kappa shape index (κ2) is 4.76. The molecule has 0 N–H and O–H groups in total. The Balaban J connectivity index is 1.74. The molecule has 0 spiro atoms. The van der Waals surface area contributed by atoms with Gasteiger partial charge in [0.15, 0.2) is 0 Å². The molecule has 1 aromatic carbocycles. The third kappa shape index (κ3) is 2.67. The molecule has 1 fully saturated rings. The zero-order valence-corrected chi connectivity index (χ0v) is 8.43. The molecule has 0 aliphatic heterocycles. The van der Waals surface area contributed by atoms with Gasteiger partial charge in [-0.25, -0.2) is 9.79 Å². The van der Waals surface area contributed by atoms with Gasteiger partial charge < -0.3 is 4.74 Å². The molecular formula is C12H13NO2. The van der Waals surface area contributed by atoms with Crippen LogP contribution >= 0.6 is 0 Å². The number of aliphatic imine (C=N–C) groups is 1. The molecule has 0 heterocycles. The molecule has 1 aromatic rings. The first-order chi connectivity index (χ1) is 7.38. The highest BCUT2D eigenvalue weighted by Gasteiger charge is 2.30. The van der Waals surface area contributed by atoms with Gasteiger partial charge in [0.05, 0.1) is 12.6 Å². The standard InChI is InChI=1S/C12H13NO2/c14-9-13-8-10-6-12(7-10)15-11-4-2-1-3-5-11/h1-5,10,12H,6-8H2. The molecule has 0 aromatic heterocycles. The summed E-state index contributed by atoms with van der Waals surface area (Å²) >= 11 is 0. The number of hydrogen-bond acceptors (Lipinski definition) is 3. The van der Waals surface area contributed by atoms with Crippen LogP contribution in [0.1, 0.15) is 12.8 Å². The zero-order valence-electron chi connectivity index (χ0n) is 8.43. The molecule has 0 unspecified atom stereocenters. The van der Waals surface area contributed by atoms with Crippen molar-refractivity contribution in [1.29, 1.82) is 0 Å². The summed E-state index contributed by atoms with van der Waals surface area (Å²) in [6.07, 6.45) is 3.83. The van der Waals surface area contributed by atoms with Crippen LogP contribution in [-0.4, -0.2) is 18.7 Å². The van der Waals surface area contributed by atoms with Gasteiger partial charge >= 0.3 is 0 Å². The first kappa shape index (κ1) is 9.94. The van der Waals surface area contributed by atoms with Crippen LogP contribution in [0.25, 0.3) is 0 Å². The highest BCUT2D eigenvalue weighted by molar-refractivity contribution is 5.32. The Morgan fingerprint density at radius 3 is 2.73 bits per heavy atom. The van der Waals surface area contributed by atoms with Crippen LogP contribution in [0.2, 0.25) is 0 Å².